The van der Waals surface area contributed by atoms with Crippen molar-refractivity contribution in [2.75, 3.05) is 0 Å². The zero-order valence-electron chi connectivity index (χ0n) is 15.5. The van der Waals surface area contributed by atoms with E-state index >= 15 is 0 Å². The zero-order chi connectivity index (χ0) is 20.4. The Labute approximate surface area is 163 Å². The van der Waals surface area contributed by atoms with Crippen molar-refractivity contribution in [1.29, 1.82) is 0 Å². The van der Waals surface area contributed by atoms with Crippen LogP contribution in [0, 0.1) is 0 Å². The fourth-order valence-corrected chi connectivity index (χ4v) is 2.45. The molecular weight excluding hydrogens is 360 g/mol. The number of hydrogen-bond acceptors (Lipinski definition) is 5. The van der Waals surface area contributed by atoms with E-state index in [2.05, 4.69) is 10.6 Å². The average Bonchev–Trinajstić information content (AvgIpc) is 2.72. The SMILES string of the molecule is CC(NC(=O)[C@H](Cc1ccccc1)NC(=O)OCc1ccccc1)C(=O)C=O. The van der Waals surface area contributed by atoms with Crippen molar-refractivity contribution in [2.24, 2.45) is 0 Å². The van der Waals surface area contributed by atoms with Crippen molar-refractivity contribution in [1.82, 2.24) is 10.6 Å². The van der Waals surface area contributed by atoms with Crippen LogP contribution in [0.3, 0.4) is 0 Å². The summed E-state index contributed by atoms with van der Waals surface area (Å²) in [5.74, 6) is -1.33. The molecule has 0 saturated carbocycles. The standard InChI is InChI=1S/C21H22N2O5/c1-15(19(25)13-24)22-20(26)18(12-16-8-4-2-5-9-16)23-21(27)28-14-17-10-6-3-7-11-17/h2-11,13,15,18H,12,14H2,1H3,(H,22,26)(H,23,27)/t15?,18-/m0/s1. The van der Waals surface area contributed by atoms with Crippen LogP contribution in [0.4, 0.5) is 4.79 Å². The summed E-state index contributed by atoms with van der Waals surface area (Å²) in [7, 11) is 0. The number of carbonyl (C=O) groups excluding carboxylic acids is 4. The van der Waals surface area contributed by atoms with Gasteiger partial charge in [-0.1, -0.05) is 60.7 Å². The van der Waals surface area contributed by atoms with E-state index in [0.29, 0.717) is 0 Å². The predicted molar refractivity (Wildman–Crippen MR) is 102 cm³/mol. The lowest BCUT2D eigenvalue weighted by atomic mass is 10.0. The van der Waals surface area contributed by atoms with Gasteiger partial charge in [0.15, 0.2) is 6.29 Å². The number of alkyl carbamates (subject to hydrolysis) is 1. The van der Waals surface area contributed by atoms with Gasteiger partial charge in [-0.3, -0.25) is 14.4 Å². The molecule has 0 aliphatic carbocycles. The summed E-state index contributed by atoms with van der Waals surface area (Å²) in [5.41, 5.74) is 1.63. The predicted octanol–water partition coefficient (Wildman–Crippen LogP) is 1.80. The molecule has 7 heteroatoms. The molecule has 0 aromatic heterocycles. The molecule has 0 saturated heterocycles. The minimum atomic E-state index is -0.981. The number of ketones is 1. The molecule has 0 heterocycles. The minimum Gasteiger partial charge on any atom is -0.445 e. The largest absolute Gasteiger partial charge is 0.445 e. The highest BCUT2D eigenvalue weighted by molar-refractivity contribution is 6.27. The van der Waals surface area contributed by atoms with Crippen LogP contribution in [0.15, 0.2) is 60.7 Å². The van der Waals surface area contributed by atoms with Crippen LogP contribution in [-0.2, 0) is 32.1 Å². The van der Waals surface area contributed by atoms with Crippen LogP contribution in [0.25, 0.3) is 0 Å². The van der Waals surface area contributed by atoms with Crippen LogP contribution in [0.5, 0.6) is 0 Å². The van der Waals surface area contributed by atoms with Gasteiger partial charge in [-0.2, -0.15) is 0 Å². The summed E-state index contributed by atoms with van der Waals surface area (Å²) in [6.45, 7) is 1.47. The number of aldehydes is 1. The van der Waals surface area contributed by atoms with E-state index in [9.17, 15) is 19.2 Å². The van der Waals surface area contributed by atoms with Crippen molar-refractivity contribution in [2.45, 2.75) is 32.0 Å². The smallest absolute Gasteiger partial charge is 0.408 e. The number of rotatable bonds is 9. The lowest BCUT2D eigenvalue weighted by Gasteiger charge is -2.20. The van der Waals surface area contributed by atoms with Gasteiger partial charge in [0.05, 0.1) is 6.04 Å². The molecule has 2 aromatic carbocycles. The highest BCUT2D eigenvalue weighted by Gasteiger charge is 2.25. The number of amides is 2. The number of Topliss-reactive ketones (excluding diaryl/α,β-unsaturated/α-hetero) is 1. The Morgan fingerprint density at radius 3 is 2.07 bits per heavy atom. The minimum absolute atomic E-state index is 0.0619. The molecule has 2 aromatic rings. The molecule has 0 aliphatic heterocycles. The summed E-state index contributed by atoms with van der Waals surface area (Å²) in [6, 6.07) is 16.3. The van der Waals surface area contributed by atoms with Gasteiger partial charge in [0.1, 0.15) is 12.6 Å². The topological polar surface area (TPSA) is 102 Å². The van der Waals surface area contributed by atoms with Gasteiger partial charge in [-0.25, -0.2) is 4.79 Å². The first kappa shape index (κ1) is 20.8. The molecule has 0 bridgehead atoms. The summed E-state index contributed by atoms with van der Waals surface area (Å²) in [4.78, 5) is 46.7. The highest BCUT2D eigenvalue weighted by atomic mass is 16.5. The first-order valence-corrected chi connectivity index (χ1v) is 8.80. The summed E-state index contributed by atoms with van der Waals surface area (Å²) in [5, 5.41) is 4.97. The Morgan fingerprint density at radius 2 is 1.50 bits per heavy atom. The van der Waals surface area contributed by atoms with Crippen LogP contribution in [0.2, 0.25) is 0 Å². The molecule has 146 valence electrons. The summed E-state index contributed by atoms with van der Waals surface area (Å²) >= 11 is 0. The zero-order valence-corrected chi connectivity index (χ0v) is 15.5. The third-order valence-electron chi connectivity index (χ3n) is 4.01. The fourth-order valence-electron chi connectivity index (χ4n) is 2.45. The van der Waals surface area contributed by atoms with Gasteiger partial charge in [-0.05, 0) is 18.1 Å². The van der Waals surface area contributed by atoms with Crippen molar-refractivity contribution >= 4 is 24.1 Å². The maximum absolute atomic E-state index is 12.5. The third-order valence-corrected chi connectivity index (χ3v) is 4.01. The van der Waals surface area contributed by atoms with Gasteiger partial charge >= 0.3 is 6.09 Å². The maximum atomic E-state index is 12.5. The van der Waals surface area contributed by atoms with Crippen LogP contribution >= 0.6 is 0 Å². The number of carbonyl (C=O) groups is 4. The molecule has 7 nitrogen and oxygen atoms in total. The Kier molecular flexibility index (Phi) is 7.90. The highest BCUT2D eigenvalue weighted by Crippen LogP contribution is 2.06. The quantitative estimate of drug-likeness (QED) is 0.509. The number of nitrogens with one attached hydrogen (secondary N) is 2. The fraction of sp³-hybridized carbons (Fsp3) is 0.238. The lowest BCUT2D eigenvalue weighted by Crippen LogP contribution is -2.52. The second-order valence-corrected chi connectivity index (χ2v) is 6.20. The van der Waals surface area contributed by atoms with E-state index < -0.39 is 29.9 Å². The number of hydrogen-bond donors (Lipinski definition) is 2. The maximum Gasteiger partial charge on any atom is 0.408 e. The molecule has 0 spiro atoms. The van der Waals surface area contributed by atoms with E-state index in [1.165, 1.54) is 6.92 Å². The van der Waals surface area contributed by atoms with E-state index in [1.54, 1.807) is 0 Å². The molecule has 2 atom stereocenters. The van der Waals surface area contributed by atoms with Gasteiger partial charge in [0.2, 0.25) is 11.7 Å². The van der Waals surface area contributed by atoms with E-state index in [1.807, 2.05) is 60.7 Å². The lowest BCUT2D eigenvalue weighted by molar-refractivity contribution is -0.133. The molecule has 2 amide bonds. The van der Waals surface area contributed by atoms with Crippen molar-refractivity contribution in [3.63, 3.8) is 0 Å². The van der Waals surface area contributed by atoms with Crippen LogP contribution in [-0.4, -0.2) is 36.2 Å². The monoisotopic (exact) mass is 382 g/mol. The van der Waals surface area contributed by atoms with Gasteiger partial charge in [0, 0.05) is 6.42 Å². The Bertz CT molecular complexity index is 808. The van der Waals surface area contributed by atoms with Crippen molar-refractivity contribution < 1.29 is 23.9 Å². The molecule has 28 heavy (non-hydrogen) atoms. The first-order valence-electron chi connectivity index (χ1n) is 8.80. The van der Waals surface area contributed by atoms with Gasteiger partial charge < -0.3 is 15.4 Å². The normalized spacial score (nSPS) is 12.3. The second kappa shape index (κ2) is 10.6. The summed E-state index contributed by atoms with van der Waals surface area (Å²) in [6.07, 6.45) is -0.400. The molecule has 2 N–H and O–H groups in total. The van der Waals surface area contributed by atoms with E-state index in [0.717, 1.165) is 11.1 Å². The molecule has 1 unspecified atom stereocenters. The molecule has 0 fully saturated rings. The Hall–Kier alpha value is -3.48. The van der Waals surface area contributed by atoms with Crippen molar-refractivity contribution in [3.05, 3.63) is 71.8 Å². The summed E-state index contributed by atoms with van der Waals surface area (Å²) < 4.78 is 5.17. The van der Waals surface area contributed by atoms with Gasteiger partial charge in [-0.15, -0.1) is 0 Å². The average molecular weight is 382 g/mol. The second-order valence-electron chi connectivity index (χ2n) is 6.20. The number of benzene rings is 2. The Balaban J connectivity index is 2.02. The van der Waals surface area contributed by atoms with Crippen molar-refractivity contribution in [3.8, 4) is 0 Å². The molecule has 0 aliphatic rings. The molecular formula is C21H22N2O5. The van der Waals surface area contributed by atoms with E-state index in [-0.39, 0.29) is 19.3 Å². The first-order chi connectivity index (χ1) is 13.5. The molecule has 2 rings (SSSR count). The van der Waals surface area contributed by atoms with Crippen LogP contribution < -0.4 is 10.6 Å². The Morgan fingerprint density at radius 1 is 0.929 bits per heavy atom. The van der Waals surface area contributed by atoms with Crippen LogP contribution in [0.1, 0.15) is 18.1 Å². The third kappa shape index (κ3) is 6.68. The van der Waals surface area contributed by atoms with Gasteiger partial charge in [0.25, 0.3) is 0 Å². The molecule has 0 radical (unpaired) electrons. The van der Waals surface area contributed by atoms with E-state index in [4.69, 9.17) is 4.74 Å². The number of ether oxygens (including phenoxy) is 1.